The van der Waals surface area contributed by atoms with Crippen molar-refractivity contribution in [3.05, 3.63) is 89.6 Å². The number of halogens is 1. The van der Waals surface area contributed by atoms with Crippen LogP contribution in [0, 0.1) is 11.9 Å². The van der Waals surface area contributed by atoms with Gasteiger partial charge in [-0.15, -0.1) is 0 Å². The zero-order chi connectivity index (χ0) is 20.5. The van der Waals surface area contributed by atoms with Gasteiger partial charge in [-0.05, 0) is 59.2 Å². The molecule has 30 heavy (non-hydrogen) atoms. The normalized spacial score (nSPS) is 15.0. The summed E-state index contributed by atoms with van der Waals surface area (Å²) in [4.78, 5) is 4.41. The zero-order valence-electron chi connectivity index (χ0n) is 16.7. The predicted octanol–water partition coefficient (Wildman–Crippen LogP) is 5.86. The van der Waals surface area contributed by atoms with E-state index in [1.165, 1.54) is 12.0 Å². The fourth-order valence-corrected chi connectivity index (χ4v) is 4.18. The van der Waals surface area contributed by atoms with Crippen LogP contribution in [0.15, 0.2) is 67.0 Å². The van der Waals surface area contributed by atoms with Crippen molar-refractivity contribution in [1.82, 2.24) is 15.2 Å². The van der Waals surface area contributed by atoms with Gasteiger partial charge in [-0.25, -0.2) is 0 Å². The zero-order valence-corrected chi connectivity index (χ0v) is 16.7. The number of pyridine rings is 1. The van der Waals surface area contributed by atoms with Crippen LogP contribution in [0.4, 0.5) is 4.39 Å². The van der Waals surface area contributed by atoms with Crippen molar-refractivity contribution < 1.29 is 9.13 Å². The Morgan fingerprint density at radius 2 is 1.83 bits per heavy atom. The van der Waals surface area contributed by atoms with Crippen molar-refractivity contribution in [2.45, 2.75) is 19.3 Å². The molecular weight excluding hydrogens is 377 g/mol. The highest BCUT2D eigenvalue weighted by atomic mass is 19.1. The lowest BCUT2D eigenvalue weighted by atomic mass is 9.73. The van der Waals surface area contributed by atoms with E-state index in [1.807, 2.05) is 48.7 Å². The van der Waals surface area contributed by atoms with Gasteiger partial charge in [-0.1, -0.05) is 42.8 Å². The maximum atomic E-state index is 14.3. The second kappa shape index (κ2) is 7.75. The number of H-pyrrole nitrogens is 1. The summed E-state index contributed by atoms with van der Waals surface area (Å²) in [6.07, 6.45) is 7.09. The number of allylic oxidation sites excluding steroid dienone is 1. The van der Waals surface area contributed by atoms with E-state index in [1.54, 1.807) is 13.3 Å². The average molecular weight is 399 g/mol. The molecule has 150 valence electrons. The molecule has 4 nitrogen and oxygen atoms in total. The van der Waals surface area contributed by atoms with Crippen molar-refractivity contribution in [2.24, 2.45) is 5.92 Å². The Labute approximate surface area is 174 Å². The van der Waals surface area contributed by atoms with Crippen molar-refractivity contribution >= 4 is 22.0 Å². The second-order valence-electron chi connectivity index (χ2n) is 7.67. The second-order valence-corrected chi connectivity index (χ2v) is 7.67. The molecule has 0 aliphatic heterocycles. The van der Waals surface area contributed by atoms with Gasteiger partial charge < -0.3 is 4.74 Å². The van der Waals surface area contributed by atoms with E-state index in [2.05, 4.69) is 27.3 Å². The number of methoxy groups -OCH3 is 1. The van der Waals surface area contributed by atoms with E-state index in [9.17, 15) is 4.39 Å². The third kappa shape index (κ3) is 3.26. The first kappa shape index (κ1) is 18.6. The Kier molecular flexibility index (Phi) is 4.79. The summed E-state index contributed by atoms with van der Waals surface area (Å²) in [6, 6.07) is 18.1. The molecule has 2 aromatic carbocycles. The Hall–Kier alpha value is -3.47. The lowest BCUT2D eigenvalue weighted by molar-refractivity contribution is 0.399. The molecule has 0 spiro atoms. The molecule has 4 aromatic rings. The van der Waals surface area contributed by atoms with Crippen LogP contribution in [-0.2, 0) is 0 Å². The first-order valence-electron chi connectivity index (χ1n) is 10.2. The van der Waals surface area contributed by atoms with Gasteiger partial charge in [0.25, 0.3) is 0 Å². The van der Waals surface area contributed by atoms with Gasteiger partial charge in [-0.2, -0.15) is 9.49 Å². The maximum Gasteiger partial charge on any atom is 0.216 e. The number of aromatic nitrogens is 3. The van der Waals surface area contributed by atoms with E-state index < -0.39 is 5.95 Å². The number of nitrogens with one attached hydrogen (secondary N) is 1. The summed E-state index contributed by atoms with van der Waals surface area (Å²) < 4.78 is 19.7. The highest BCUT2D eigenvalue weighted by Gasteiger charge is 2.28. The SMILES string of the molecule is COc1cncc(/C(=C(\c2ccccc2)c2ccc3n[nH]c(F)c3c2)C2CCC2)c1. The van der Waals surface area contributed by atoms with Crippen LogP contribution < -0.4 is 4.74 Å². The molecule has 0 atom stereocenters. The number of benzene rings is 2. The lowest BCUT2D eigenvalue weighted by Crippen LogP contribution is -2.15. The third-order valence-corrected chi connectivity index (χ3v) is 5.90. The van der Waals surface area contributed by atoms with Crippen molar-refractivity contribution in [2.75, 3.05) is 7.11 Å². The first-order valence-corrected chi connectivity index (χ1v) is 10.2. The molecule has 0 saturated heterocycles. The molecular formula is C25H22FN3O. The van der Waals surface area contributed by atoms with Crippen LogP contribution in [0.1, 0.15) is 36.0 Å². The molecule has 1 saturated carbocycles. The molecule has 2 aromatic heterocycles. The Balaban J connectivity index is 1.81. The Morgan fingerprint density at radius 3 is 2.57 bits per heavy atom. The number of fused-ring (bicyclic) bond motifs is 1. The van der Waals surface area contributed by atoms with Crippen LogP contribution in [0.2, 0.25) is 0 Å². The predicted molar refractivity (Wildman–Crippen MR) is 117 cm³/mol. The monoisotopic (exact) mass is 399 g/mol. The number of nitrogens with zero attached hydrogens (tertiary/aromatic N) is 2. The molecule has 1 fully saturated rings. The van der Waals surface area contributed by atoms with Crippen LogP contribution >= 0.6 is 0 Å². The molecule has 1 aliphatic carbocycles. The minimum atomic E-state index is -0.410. The fourth-order valence-electron chi connectivity index (χ4n) is 4.18. The van der Waals surface area contributed by atoms with Gasteiger partial charge in [0, 0.05) is 11.8 Å². The highest BCUT2D eigenvalue weighted by Crippen LogP contribution is 2.45. The first-order chi connectivity index (χ1) is 14.7. The third-order valence-electron chi connectivity index (χ3n) is 5.90. The van der Waals surface area contributed by atoms with Gasteiger partial charge >= 0.3 is 0 Å². The minimum absolute atomic E-state index is 0.410. The number of hydrogen-bond acceptors (Lipinski definition) is 3. The summed E-state index contributed by atoms with van der Waals surface area (Å²) in [5.74, 6) is 0.750. The van der Waals surface area contributed by atoms with Gasteiger partial charge in [0.05, 0.1) is 24.2 Å². The molecule has 0 amide bonds. The molecule has 2 heterocycles. The summed E-state index contributed by atoms with van der Waals surface area (Å²) in [7, 11) is 1.65. The van der Waals surface area contributed by atoms with Crippen molar-refractivity contribution in [3.8, 4) is 5.75 Å². The molecule has 0 radical (unpaired) electrons. The fraction of sp³-hybridized carbons (Fsp3) is 0.200. The van der Waals surface area contributed by atoms with E-state index in [-0.39, 0.29) is 0 Å². The minimum Gasteiger partial charge on any atom is -0.495 e. The molecule has 5 rings (SSSR count). The largest absolute Gasteiger partial charge is 0.495 e. The summed E-state index contributed by atoms with van der Waals surface area (Å²) in [5, 5.41) is 6.98. The molecule has 0 bridgehead atoms. The van der Waals surface area contributed by atoms with Crippen LogP contribution in [0.25, 0.3) is 22.0 Å². The van der Waals surface area contributed by atoms with E-state index >= 15 is 0 Å². The Morgan fingerprint density at radius 1 is 1.00 bits per heavy atom. The molecule has 5 heteroatoms. The Bertz CT molecular complexity index is 1230. The van der Waals surface area contributed by atoms with E-state index in [0.717, 1.165) is 40.9 Å². The van der Waals surface area contributed by atoms with Crippen LogP contribution in [-0.4, -0.2) is 22.3 Å². The van der Waals surface area contributed by atoms with E-state index in [4.69, 9.17) is 4.74 Å². The van der Waals surface area contributed by atoms with Crippen molar-refractivity contribution in [3.63, 3.8) is 0 Å². The van der Waals surface area contributed by atoms with Crippen LogP contribution in [0.5, 0.6) is 5.75 Å². The lowest BCUT2D eigenvalue weighted by Gasteiger charge is -2.31. The number of rotatable bonds is 5. The molecule has 1 aliphatic rings. The van der Waals surface area contributed by atoms with Gasteiger partial charge in [0.2, 0.25) is 5.95 Å². The number of hydrogen-bond donors (Lipinski definition) is 1. The average Bonchev–Trinajstić information content (AvgIpc) is 3.13. The maximum absolute atomic E-state index is 14.3. The highest BCUT2D eigenvalue weighted by molar-refractivity contribution is 6.01. The quantitative estimate of drug-likeness (QED) is 0.457. The van der Waals surface area contributed by atoms with Gasteiger partial charge in [-0.3, -0.25) is 10.1 Å². The molecule has 0 unspecified atom stereocenters. The summed E-state index contributed by atoms with van der Waals surface area (Å²) in [5.41, 5.74) is 6.09. The standard InChI is InChI=1S/C25H22FN3O/c1-30-20-12-19(14-27-15-20)24(17-8-5-9-17)23(16-6-3-2-4-7-16)18-10-11-22-21(13-18)25(26)29-28-22/h2-4,6-7,10-15,17H,5,8-9H2,1H3,(H,28,29)/b24-23+. The smallest absolute Gasteiger partial charge is 0.216 e. The topological polar surface area (TPSA) is 50.8 Å². The van der Waals surface area contributed by atoms with E-state index in [0.29, 0.717) is 16.8 Å². The molecule has 1 N–H and O–H groups in total. The summed E-state index contributed by atoms with van der Waals surface area (Å²) >= 11 is 0. The van der Waals surface area contributed by atoms with Crippen LogP contribution in [0.3, 0.4) is 0 Å². The van der Waals surface area contributed by atoms with Gasteiger partial charge in [0.1, 0.15) is 5.75 Å². The summed E-state index contributed by atoms with van der Waals surface area (Å²) in [6.45, 7) is 0. The van der Waals surface area contributed by atoms with Crippen molar-refractivity contribution in [1.29, 1.82) is 0 Å². The number of ether oxygens (including phenoxy) is 1. The van der Waals surface area contributed by atoms with Gasteiger partial charge in [0.15, 0.2) is 0 Å². The number of aromatic amines is 1.